The number of hydrogen-bond donors (Lipinski definition) is 3. The lowest BCUT2D eigenvalue weighted by Crippen LogP contribution is -2.44. The molecule has 1 unspecified atom stereocenters. The number of carboxylic acid groups (broad SMARTS) is 1. The number of likely N-dealkylation sites (tertiary alicyclic amines) is 1. The van der Waals surface area contributed by atoms with Crippen molar-refractivity contribution in [1.29, 1.82) is 0 Å². The van der Waals surface area contributed by atoms with Crippen molar-refractivity contribution in [2.24, 2.45) is 0 Å². The van der Waals surface area contributed by atoms with Crippen LogP contribution in [0.15, 0.2) is 30.5 Å². The lowest BCUT2D eigenvalue weighted by molar-refractivity contribution is 0.0597. The van der Waals surface area contributed by atoms with Gasteiger partial charge >= 0.3 is 12.2 Å². The van der Waals surface area contributed by atoms with Gasteiger partial charge in [-0.25, -0.2) is 19.5 Å². The molecule has 4 rings (SSSR count). The molecule has 3 aromatic rings. The maximum Gasteiger partial charge on any atom is 0.420 e. The number of hydrogen-bond acceptors (Lipinski definition) is 8. The molecule has 1 saturated heterocycles. The average Bonchev–Trinajstić information content (AvgIpc) is 3.30. The standard InChI is InChI=1S/C26H35N7O5/c1-6-37-20-10-9-18(14-19(20)27)32(25(36)38-26(3,4)5)23-16(2)22(30-21-11-12-28-33(21)23)29-17-8-7-13-31(15-17)24(34)35/h9-12,14,17H,6-8,13,15,27H2,1-5H3,(H,29,30)(H,34,35). The lowest BCUT2D eigenvalue weighted by Gasteiger charge is -2.33. The van der Waals surface area contributed by atoms with E-state index in [1.165, 1.54) is 9.80 Å². The van der Waals surface area contributed by atoms with Crippen LogP contribution in [0, 0.1) is 6.92 Å². The fourth-order valence-corrected chi connectivity index (χ4v) is 4.46. The zero-order chi connectivity index (χ0) is 27.6. The molecule has 3 heterocycles. The second-order valence-electron chi connectivity index (χ2n) is 10.2. The minimum absolute atomic E-state index is 0.139. The molecular formula is C26H35N7O5. The van der Waals surface area contributed by atoms with Gasteiger partial charge < -0.3 is 30.5 Å². The smallest absolute Gasteiger partial charge is 0.420 e. The summed E-state index contributed by atoms with van der Waals surface area (Å²) in [7, 11) is 0. The van der Waals surface area contributed by atoms with E-state index in [1.807, 2.05) is 13.8 Å². The summed E-state index contributed by atoms with van der Waals surface area (Å²) in [6.07, 6.45) is 1.56. The van der Waals surface area contributed by atoms with Crippen molar-refractivity contribution in [2.75, 3.05) is 35.6 Å². The summed E-state index contributed by atoms with van der Waals surface area (Å²) >= 11 is 0. The predicted molar refractivity (Wildman–Crippen MR) is 144 cm³/mol. The summed E-state index contributed by atoms with van der Waals surface area (Å²) in [5.41, 5.74) is 7.48. The van der Waals surface area contributed by atoms with Crippen LogP contribution in [0.25, 0.3) is 5.65 Å². The molecule has 1 aliphatic heterocycles. The topological polar surface area (TPSA) is 148 Å². The molecule has 0 spiro atoms. The Morgan fingerprint density at radius 3 is 2.71 bits per heavy atom. The number of nitrogens with one attached hydrogen (secondary N) is 1. The Balaban J connectivity index is 1.83. The highest BCUT2D eigenvalue weighted by molar-refractivity contribution is 5.97. The quantitative estimate of drug-likeness (QED) is 0.391. The number of fused-ring (bicyclic) bond motifs is 1. The van der Waals surface area contributed by atoms with Gasteiger partial charge in [-0.2, -0.15) is 9.61 Å². The van der Waals surface area contributed by atoms with E-state index in [2.05, 4.69) is 10.4 Å². The van der Waals surface area contributed by atoms with Gasteiger partial charge in [-0.3, -0.25) is 0 Å². The highest BCUT2D eigenvalue weighted by Crippen LogP contribution is 2.37. The molecular weight excluding hydrogens is 490 g/mol. The van der Waals surface area contributed by atoms with Crippen molar-refractivity contribution in [3.8, 4) is 5.75 Å². The van der Waals surface area contributed by atoms with E-state index in [4.69, 9.17) is 20.2 Å². The first-order valence-corrected chi connectivity index (χ1v) is 12.6. The molecule has 12 heteroatoms. The Kier molecular flexibility index (Phi) is 7.51. The van der Waals surface area contributed by atoms with E-state index < -0.39 is 17.8 Å². The molecule has 1 aromatic carbocycles. The van der Waals surface area contributed by atoms with Gasteiger partial charge in [-0.05, 0) is 65.7 Å². The normalized spacial score (nSPS) is 15.8. The average molecular weight is 526 g/mol. The minimum Gasteiger partial charge on any atom is -0.492 e. The Labute approximate surface area is 221 Å². The molecule has 204 valence electrons. The van der Waals surface area contributed by atoms with Crippen molar-refractivity contribution >= 4 is 40.8 Å². The van der Waals surface area contributed by atoms with Crippen LogP contribution in [-0.4, -0.2) is 68.1 Å². The van der Waals surface area contributed by atoms with Gasteiger partial charge in [-0.15, -0.1) is 0 Å². The van der Waals surface area contributed by atoms with E-state index in [0.29, 0.717) is 59.7 Å². The molecule has 1 aliphatic rings. The number of carbonyl (C=O) groups excluding carboxylic acids is 1. The molecule has 0 aliphatic carbocycles. The SMILES string of the molecule is CCOc1ccc(N(C(=O)OC(C)(C)C)c2c(C)c(NC3CCCN(C(=O)O)C3)nc3ccnn23)cc1N. The Morgan fingerprint density at radius 1 is 1.29 bits per heavy atom. The largest absolute Gasteiger partial charge is 0.492 e. The van der Waals surface area contributed by atoms with Gasteiger partial charge in [0, 0.05) is 30.8 Å². The number of amides is 2. The molecule has 38 heavy (non-hydrogen) atoms. The fraction of sp³-hybridized carbons (Fsp3) is 0.462. The van der Waals surface area contributed by atoms with Crippen LogP contribution < -0.4 is 20.7 Å². The van der Waals surface area contributed by atoms with Crippen LogP contribution in [0.1, 0.15) is 46.1 Å². The number of aromatic nitrogens is 3. The van der Waals surface area contributed by atoms with E-state index in [0.717, 1.165) is 12.8 Å². The van der Waals surface area contributed by atoms with Crippen LogP contribution in [-0.2, 0) is 4.74 Å². The van der Waals surface area contributed by atoms with E-state index in [9.17, 15) is 14.7 Å². The maximum atomic E-state index is 13.7. The first kappa shape index (κ1) is 26.8. The first-order chi connectivity index (χ1) is 18.0. The maximum absolute atomic E-state index is 13.7. The second-order valence-corrected chi connectivity index (χ2v) is 10.2. The van der Waals surface area contributed by atoms with Crippen molar-refractivity contribution < 1.29 is 24.2 Å². The molecule has 0 radical (unpaired) electrons. The molecule has 2 aromatic heterocycles. The van der Waals surface area contributed by atoms with Crippen molar-refractivity contribution in [3.63, 3.8) is 0 Å². The van der Waals surface area contributed by atoms with Gasteiger partial charge in [0.15, 0.2) is 11.5 Å². The Hall–Kier alpha value is -4.22. The van der Waals surface area contributed by atoms with Crippen molar-refractivity contribution in [1.82, 2.24) is 19.5 Å². The molecule has 0 saturated carbocycles. The number of nitrogen functional groups attached to an aromatic ring is 1. The van der Waals surface area contributed by atoms with Crippen LogP contribution in [0.3, 0.4) is 0 Å². The van der Waals surface area contributed by atoms with E-state index >= 15 is 0 Å². The number of nitrogens with two attached hydrogens (primary N) is 1. The van der Waals surface area contributed by atoms with Gasteiger partial charge in [0.05, 0.1) is 24.2 Å². The number of anilines is 4. The number of piperidine rings is 1. The molecule has 0 bridgehead atoms. The third-order valence-corrected chi connectivity index (χ3v) is 6.11. The fourth-order valence-electron chi connectivity index (χ4n) is 4.46. The third kappa shape index (κ3) is 5.68. The molecule has 4 N–H and O–H groups in total. The van der Waals surface area contributed by atoms with Gasteiger partial charge in [0.1, 0.15) is 17.2 Å². The van der Waals surface area contributed by atoms with Crippen LogP contribution >= 0.6 is 0 Å². The highest BCUT2D eigenvalue weighted by Gasteiger charge is 2.31. The van der Waals surface area contributed by atoms with Gasteiger partial charge in [-0.1, -0.05) is 0 Å². The van der Waals surface area contributed by atoms with E-state index in [1.54, 1.807) is 55.7 Å². The minimum atomic E-state index is -0.947. The van der Waals surface area contributed by atoms with Crippen LogP contribution in [0.4, 0.5) is 32.6 Å². The number of ether oxygens (including phenoxy) is 2. The van der Waals surface area contributed by atoms with Crippen molar-refractivity contribution in [2.45, 2.75) is 59.1 Å². The Bertz CT molecular complexity index is 1330. The molecule has 1 atom stereocenters. The van der Waals surface area contributed by atoms with Crippen molar-refractivity contribution in [3.05, 3.63) is 36.0 Å². The first-order valence-electron chi connectivity index (χ1n) is 12.6. The highest BCUT2D eigenvalue weighted by atomic mass is 16.6. The lowest BCUT2D eigenvalue weighted by atomic mass is 10.1. The Morgan fingerprint density at radius 2 is 2.05 bits per heavy atom. The number of nitrogens with zero attached hydrogens (tertiary/aromatic N) is 5. The number of rotatable bonds is 6. The number of carbonyl (C=O) groups is 2. The summed E-state index contributed by atoms with van der Waals surface area (Å²) in [6, 6.07) is 6.70. The predicted octanol–water partition coefficient (Wildman–Crippen LogP) is 4.65. The zero-order valence-corrected chi connectivity index (χ0v) is 22.4. The summed E-state index contributed by atoms with van der Waals surface area (Å²) in [5, 5.41) is 17.3. The van der Waals surface area contributed by atoms with Gasteiger partial charge in [0.2, 0.25) is 0 Å². The zero-order valence-electron chi connectivity index (χ0n) is 22.4. The summed E-state index contributed by atoms with van der Waals surface area (Å²) in [6.45, 7) is 10.4. The number of benzene rings is 1. The van der Waals surface area contributed by atoms with E-state index in [-0.39, 0.29) is 6.04 Å². The second kappa shape index (κ2) is 10.6. The van der Waals surface area contributed by atoms with Crippen LogP contribution in [0.5, 0.6) is 5.75 Å². The molecule has 2 amide bonds. The van der Waals surface area contributed by atoms with Gasteiger partial charge in [0.25, 0.3) is 0 Å². The summed E-state index contributed by atoms with van der Waals surface area (Å²) in [4.78, 5) is 32.8. The molecule has 1 fully saturated rings. The molecule has 12 nitrogen and oxygen atoms in total. The summed E-state index contributed by atoms with van der Waals surface area (Å²) < 4.78 is 13.0. The van der Waals surface area contributed by atoms with Crippen LogP contribution in [0.2, 0.25) is 0 Å². The monoisotopic (exact) mass is 525 g/mol. The summed E-state index contributed by atoms with van der Waals surface area (Å²) in [5.74, 6) is 1.46. The third-order valence-electron chi connectivity index (χ3n) is 6.11.